The molecule has 0 unspecified atom stereocenters. The Morgan fingerprint density at radius 1 is 1.38 bits per heavy atom. The van der Waals surface area contributed by atoms with Gasteiger partial charge in [0.15, 0.2) is 5.16 Å². The molecule has 1 aliphatic rings. The van der Waals surface area contributed by atoms with Gasteiger partial charge in [-0.05, 0) is 24.8 Å². The lowest BCUT2D eigenvalue weighted by Crippen LogP contribution is -2.15. The minimum absolute atomic E-state index is 0.0431. The van der Waals surface area contributed by atoms with Crippen LogP contribution in [0.3, 0.4) is 0 Å². The molecule has 6 heteroatoms. The SMILES string of the molecule is O=C(O)CSc1nc2cnccc2n1CC1CCCCC1. The summed E-state index contributed by atoms with van der Waals surface area (Å²) in [6, 6.07) is 1.97. The molecule has 2 heterocycles. The van der Waals surface area contributed by atoms with Crippen molar-refractivity contribution in [2.75, 3.05) is 5.75 Å². The Labute approximate surface area is 127 Å². The highest BCUT2D eigenvalue weighted by molar-refractivity contribution is 7.99. The van der Waals surface area contributed by atoms with Crippen molar-refractivity contribution in [2.24, 2.45) is 5.92 Å². The Kier molecular flexibility index (Phi) is 4.43. The number of aliphatic carboxylic acids is 1. The molecular formula is C15H19N3O2S. The van der Waals surface area contributed by atoms with Crippen LogP contribution >= 0.6 is 11.8 Å². The maximum absolute atomic E-state index is 10.8. The third-order valence-electron chi connectivity index (χ3n) is 4.01. The summed E-state index contributed by atoms with van der Waals surface area (Å²) >= 11 is 1.29. The van der Waals surface area contributed by atoms with Crippen molar-refractivity contribution >= 4 is 28.8 Å². The first-order chi connectivity index (χ1) is 10.2. The second-order valence-electron chi connectivity index (χ2n) is 5.56. The number of pyridine rings is 1. The summed E-state index contributed by atoms with van der Waals surface area (Å²) in [4.78, 5) is 19.5. The lowest BCUT2D eigenvalue weighted by molar-refractivity contribution is -0.133. The van der Waals surface area contributed by atoms with E-state index in [0.717, 1.165) is 22.7 Å². The number of aromatic nitrogens is 3. The molecule has 112 valence electrons. The molecule has 1 saturated carbocycles. The van der Waals surface area contributed by atoms with Crippen LogP contribution in [0.15, 0.2) is 23.6 Å². The zero-order valence-electron chi connectivity index (χ0n) is 11.9. The summed E-state index contributed by atoms with van der Waals surface area (Å²) < 4.78 is 2.18. The summed E-state index contributed by atoms with van der Waals surface area (Å²) in [6.45, 7) is 0.933. The van der Waals surface area contributed by atoms with Crippen molar-refractivity contribution in [3.8, 4) is 0 Å². The number of carbonyl (C=O) groups is 1. The quantitative estimate of drug-likeness (QED) is 0.859. The zero-order valence-corrected chi connectivity index (χ0v) is 12.7. The van der Waals surface area contributed by atoms with Crippen molar-refractivity contribution in [2.45, 2.75) is 43.8 Å². The maximum Gasteiger partial charge on any atom is 0.313 e. The van der Waals surface area contributed by atoms with Gasteiger partial charge in [0, 0.05) is 12.7 Å². The number of fused-ring (bicyclic) bond motifs is 1. The summed E-state index contributed by atoms with van der Waals surface area (Å²) in [6.07, 6.45) is 9.98. The molecule has 2 aromatic heterocycles. The Hall–Kier alpha value is -1.56. The molecule has 0 aromatic carbocycles. The van der Waals surface area contributed by atoms with Crippen LogP contribution in [0.1, 0.15) is 32.1 Å². The number of nitrogens with zero attached hydrogens (tertiary/aromatic N) is 3. The summed E-state index contributed by atoms with van der Waals surface area (Å²) in [5.74, 6) is -0.0931. The number of imidazole rings is 1. The fraction of sp³-hybridized carbons (Fsp3) is 0.533. The van der Waals surface area contributed by atoms with Crippen LogP contribution in [-0.2, 0) is 11.3 Å². The van der Waals surface area contributed by atoms with Crippen molar-refractivity contribution in [3.05, 3.63) is 18.5 Å². The van der Waals surface area contributed by atoms with E-state index in [0.29, 0.717) is 5.92 Å². The molecule has 1 aliphatic carbocycles. The van der Waals surface area contributed by atoms with E-state index in [4.69, 9.17) is 5.11 Å². The molecule has 0 amide bonds. The van der Waals surface area contributed by atoms with E-state index >= 15 is 0 Å². The monoisotopic (exact) mass is 305 g/mol. The minimum Gasteiger partial charge on any atom is -0.481 e. The highest BCUT2D eigenvalue weighted by Crippen LogP contribution is 2.29. The second-order valence-corrected chi connectivity index (χ2v) is 6.50. The van der Waals surface area contributed by atoms with Gasteiger partial charge in [-0.1, -0.05) is 31.0 Å². The number of hydrogen-bond donors (Lipinski definition) is 1. The Bertz CT molecular complexity index is 635. The van der Waals surface area contributed by atoms with Crippen LogP contribution in [0, 0.1) is 5.92 Å². The van der Waals surface area contributed by atoms with Crippen molar-refractivity contribution in [1.82, 2.24) is 14.5 Å². The van der Waals surface area contributed by atoms with Gasteiger partial charge < -0.3 is 9.67 Å². The molecule has 1 N–H and O–H groups in total. The normalized spacial score (nSPS) is 16.4. The highest BCUT2D eigenvalue weighted by atomic mass is 32.2. The zero-order chi connectivity index (χ0) is 14.7. The topological polar surface area (TPSA) is 68.0 Å². The van der Waals surface area contributed by atoms with E-state index in [1.165, 1.54) is 43.9 Å². The third kappa shape index (κ3) is 3.37. The number of carboxylic acids is 1. The van der Waals surface area contributed by atoms with E-state index < -0.39 is 5.97 Å². The molecule has 0 spiro atoms. The summed E-state index contributed by atoms with van der Waals surface area (Å²) in [7, 11) is 0. The molecule has 3 rings (SSSR count). The minimum atomic E-state index is -0.811. The standard InChI is InChI=1S/C15H19N3O2S/c19-14(20)10-21-15-17-12-8-16-7-6-13(12)18(15)9-11-4-2-1-3-5-11/h6-8,11H,1-5,9-10H2,(H,19,20). The predicted molar refractivity (Wildman–Crippen MR) is 82.5 cm³/mol. The molecule has 0 saturated heterocycles. The van der Waals surface area contributed by atoms with Gasteiger partial charge in [-0.15, -0.1) is 0 Å². The van der Waals surface area contributed by atoms with Crippen LogP contribution < -0.4 is 0 Å². The molecule has 5 nitrogen and oxygen atoms in total. The number of rotatable bonds is 5. The second kappa shape index (κ2) is 6.47. The van der Waals surface area contributed by atoms with Crippen LogP contribution in [0.4, 0.5) is 0 Å². The molecule has 1 fully saturated rings. The lowest BCUT2D eigenvalue weighted by atomic mass is 9.89. The first-order valence-corrected chi connectivity index (χ1v) is 8.37. The van der Waals surface area contributed by atoms with Crippen LogP contribution in [-0.4, -0.2) is 31.4 Å². The van der Waals surface area contributed by atoms with E-state index in [9.17, 15) is 4.79 Å². The Balaban J connectivity index is 1.88. The molecular weight excluding hydrogens is 286 g/mol. The van der Waals surface area contributed by atoms with E-state index in [-0.39, 0.29) is 5.75 Å². The van der Waals surface area contributed by atoms with Gasteiger partial charge in [-0.2, -0.15) is 0 Å². The van der Waals surface area contributed by atoms with Gasteiger partial charge in [-0.3, -0.25) is 9.78 Å². The average Bonchev–Trinajstić information content (AvgIpc) is 2.84. The average molecular weight is 305 g/mol. The van der Waals surface area contributed by atoms with Crippen molar-refractivity contribution < 1.29 is 9.90 Å². The fourth-order valence-electron chi connectivity index (χ4n) is 3.00. The Morgan fingerprint density at radius 2 is 2.19 bits per heavy atom. The smallest absolute Gasteiger partial charge is 0.313 e. The van der Waals surface area contributed by atoms with Crippen molar-refractivity contribution in [3.63, 3.8) is 0 Å². The maximum atomic E-state index is 10.8. The van der Waals surface area contributed by atoms with Gasteiger partial charge >= 0.3 is 5.97 Å². The predicted octanol–water partition coefficient (Wildman–Crippen LogP) is 3.19. The molecule has 21 heavy (non-hydrogen) atoms. The van der Waals surface area contributed by atoms with Gasteiger partial charge in [-0.25, -0.2) is 4.98 Å². The van der Waals surface area contributed by atoms with Gasteiger partial charge in [0.1, 0.15) is 5.52 Å². The van der Waals surface area contributed by atoms with Gasteiger partial charge in [0.25, 0.3) is 0 Å². The first kappa shape index (κ1) is 14.4. The van der Waals surface area contributed by atoms with E-state index in [1.54, 1.807) is 12.4 Å². The van der Waals surface area contributed by atoms with Gasteiger partial charge in [0.05, 0.1) is 17.5 Å². The summed E-state index contributed by atoms with van der Waals surface area (Å²) in [5.41, 5.74) is 1.91. The molecule has 0 radical (unpaired) electrons. The lowest BCUT2D eigenvalue weighted by Gasteiger charge is -2.23. The molecule has 0 atom stereocenters. The summed E-state index contributed by atoms with van der Waals surface area (Å²) in [5, 5.41) is 9.69. The van der Waals surface area contributed by atoms with Crippen molar-refractivity contribution in [1.29, 1.82) is 0 Å². The molecule has 0 bridgehead atoms. The molecule has 0 aliphatic heterocycles. The van der Waals surface area contributed by atoms with Gasteiger partial charge in [0.2, 0.25) is 0 Å². The largest absolute Gasteiger partial charge is 0.481 e. The van der Waals surface area contributed by atoms with Crippen LogP contribution in [0.5, 0.6) is 0 Å². The number of hydrogen-bond acceptors (Lipinski definition) is 4. The highest BCUT2D eigenvalue weighted by Gasteiger charge is 2.19. The third-order valence-corrected chi connectivity index (χ3v) is 4.97. The fourth-order valence-corrected chi connectivity index (χ4v) is 3.74. The molecule has 2 aromatic rings. The van der Waals surface area contributed by atoms with Crippen LogP contribution in [0.2, 0.25) is 0 Å². The van der Waals surface area contributed by atoms with E-state index in [1.807, 2.05) is 6.07 Å². The number of carboxylic acid groups (broad SMARTS) is 1. The Morgan fingerprint density at radius 3 is 2.95 bits per heavy atom. The first-order valence-electron chi connectivity index (χ1n) is 7.39. The van der Waals surface area contributed by atoms with Crippen LogP contribution in [0.25, 0.3) is 11.0 Å². The number of thioether (sulfide) groups is 1. The van der Waals surface area contributed by atoms with E-state index in [2.05, 4.69) is 14.5 Å².